The smallest absolute Gasteiger partial charge is 0.335 e. The van der Waals surface area contributed by atoms with Gasteiger partial charge in [-0.1, -0.05) is 30.0 Å². The molecule has 0 unspecified atom stereocenters. The monoisotopic (exact) mass is 385 g/mol. The maximum Gasteiger partial charge on any atom is 0.335 e. The molecular formula is C18H15N3O5S. The SMILES string of the molecule is O=C(CSc1nnc(COc2ccccc2)o1)Nc1ccc(C(=O)O)cc1. The maximum absolute atomic E-state index is 12.0. The number of carboxylic acid groups (broad SMARTS) is 1. The summed E-state index contributed by atoms with van der Waals surface area (Å²) in [6.07, 6.45) is 0. The van der Waals surface area contributed by atoms with Gasteiger partial charge in [-0.3, -0.25) is 4.79 Å². The van der Waals surface area contributed by atoms with E-state index in [0.717, 1.165) is 11.8 Å². The number of ether oxygens (including phenoxy) is 1. The highest BCUT2D eigenvalue weighted by molar-refractivity contribution is 7.99. The summed E-state index contributed by atoms with van der Waals surface area (Å²) < 4.78 is 10.9. The molecule has 27 heavy (non-hydrogen) atoms. The van der Waals surface area contributed by atoms with Crippen molar-refractivity contribution >= 4 is 29.3 Å². The summed E-state index contributed by atoms with van der Waals surface area (Å²) in [6.45, 7) is 0.139. The molecule has 0 saturated carbocycles. The highest BCUT2D eigenvalue weighted by Crippen LogP contribution is 2.18. The second-order valence-corrected chi connectivity index (χ2v) is 6.21. The van der Waals surface area contributed by atoms with Crippen molar-refractivity contribution < 1.29 is 23.8 Å². The van der Waals surface area contributed by atoms with Gasteiger partial charge in [0.15, 0.2) is 6.61 Å². The molecule has 138 valence electrons. The lowest BCUT2D eigenvalue weighted by molar-refractivity contribution is -0.113. The van der Waals surface area contributed by atoms with Crippen molar-refractivity contribution in [2.45, 2.75) is 11.8 Å². The minimum absolute atomic E-state index is 0.0713. The van der Waals surface area contributed by atoms with Crippen LogP contribution < -0.4 is 10.1 Å². The molecular weight excluding hydrogens is 370 g/mol. The Bertz CT molecular complexity index is 912. The predicted molar refractivity (Wildman–Crippen MR) is 97.8 cm³/mol. The van der Waals surface area contributed by atoms with Crippen molar-refractivity contribution in [3.8, 4) is 5.75 Å². The molecule has 1 aromatic heterocycles. The topological polar surface area (TPSA) is 115 Å². The Hall–Kier alpha value is -3.33. The summed E-state index contributed by atoms with van der Waals surface area (Å²) in [4.78, 5) is 22.8. The number of hydrogen-bond donors (Lipinski definition) is 2. The van der Waals surface area contributed by atoms with Crippen LogP contribution in [0.2, 0.25) is 0 Å². The number of nitrogens with zero attached hydrogens (tertiary/aromatic N) is 2. The molecule has 0 fully saturated rings. The Morgan fingerprint density at radius 3 is 2.52 bits per heavy atom. The van der Waals surface area contributed by atoms with E-state index in [-0.39, 0.29) is 29.1 Å². The molecule has 0 bridgehead atoms. The molecule has 2 N–H and O–H groups in total. The van der Waals surface area contributed by atoms with Crippen molar-refractivity contribution in [1.29, 1.82) is 0 Å². The minimum atomic E-state index is -1.02. The van der Waals surface area contributed by atoms with Crippen LogP contribution in [0.15, 0.2) is 64.2 Å². The molecule has 8 nitrogen and oxygen atoms in total. The van der Waals surface area contributed by atoms with Gasteiger partial charge in [0.1, 0.15) is 5.75 Å². The third-order valence-corrected chi connectivity index (χ3v) is 4.11. The minimum Gasteiger partial charge on any atom is -0.484 e. The van der Waals surface area contributed by atoms with Crippen LogP contribution in [0.4, 0.5) is 5.69 Å². The Balaban J connectivity index is 1.45. The lowest BCUT2D eigenvalue weighted by Crippen LogP contribution is -2.14. The van der Waals surface area contributed by atoms with E-state index in [4.69, 9.17) is 14.3 Å². The first-order valence-electron chi connectivity index (χ1n) is 7.86. The largest absolute Gasteiger partial charge is 0.484 e. The number of rotatable bonds is 8. The third-order valence-electron chi connectivity index (χ3n) is 3.30. The number of carbonyl (C=O) groups excluding carboxylic acids is 1. The first-order chi connectivity index (χ1) is 13.1. The van der Waals surface area contributed by atoms with Crippen LogP contribution in [0.1, 0.15) is 16.2 Å². The Morgan fingerprint density at radius 2 is 1.81 bits per heavy atom. The fourth-order valence-corrected chi connectivity index (χ4v) is 2.62. The summed E-state index contributed by atoms with van der Waals surface area (Å²) in [5, 5.41) is 19.5. The number of aromatic carboxylic acids is 1. The number of carboxylic acids is 1. The summed E-state index contributed by atoms with van der Waals surface area (Å²) in [5.74, 6) is -0.221. The number of aromatic nitrogens is 2. The van der Waals surface area contributed by atoms with E-state index in [1.165, 1.54) is 24.3 Å². The van der Waals surface area contributed by atoms with E-state index in [9.17, 15) is 9.59 Å². The van der Waals surface area contributed by atoms with Gasteiger partial charge in [0.2, 0.25) is 5.91 Å². The van der Waals surface area contributed by atoms with Crippen molar-refractivity contribution in [3.63, 3.8) is 0 Å². The number of benzene rings is 2. The number of nitrogens with one attached hydrogen (secondary N) is 1. The molecule has 1 heterocycles. The normalized spacial score (nSPS) is 10.4. The van der Waals surface area contributed by atoms with Gasteiger partial charge in [-0.15, -0.1) is 10.2 Å². The lowest BCUT2D eigenvalue weighted by Gasteiger charge is -2.04. The van der Waals surface area contributed by atoms with E-state index < -0.39 is 5.97 Å². The molecule has 0 saturated heterocycles. The number of amides is 1. The van der Waals surface area contributed by atoms with Crippen LogP contribution in [0.25, 0.3) is 0 Å². The van der Waals surface area contributed by atoms with Gasteiger partial charge < -0.3 is 19.6 Å². The quantitative estimate of drug-likeness (QED) is 0.569. The van der Waals surface area contributed by atoms with E-state index in [1.54, 1.807) is 0 Å². The molecule has 3 aromatic rings. The summed E-state index contributed by atoms with van der Waals surface area (Å²) in [7, 11) is 0. The molecule has 0 spiro atoms. The molecule has 3 rings (SSSR count). The number of carbonyl (C=O) groups is 2. The van der Waals surface area contributed by atoms with Gasteiger partial charge in [0, 0.05) is 5.69 Å². The Labute approximate surface area is 158 Å². The van der Waals surface area contributed by atoms with Gasteiger partial charge in [-0.05, 0) is 36.4 Å². The average Bonchev–Trinajstić information content (AvgIpc) is 3.14. The van der Waals surface area contributed by atoms with Crippen LogP contribution in [0.3, 0.4) is 0 Å². The van der Waals surface area contributed by atoms with Gasteiger partial charge in [-0.25, -0.2) is 4.79 Å². The molecule has 0 aliphatic rings. The summed E-state index contributed by atoms with van der Waals surface area (Å²) in [6, 6.07) is 15.1. The van der Waals surface area contributed by atoms with Crippen LogP contribution in [-0.2, 0) is 11.4 Å². The predicted octanol–water partition coefficient (Wildman–Crippen LogP) is 3.08. The van der Waals surface area contributed by atoms with Gasteiger partial charge in [-0.2, -0.15) is 0 Å². The number of anilines is 1. The van der Waals surface area contributed by atoms with Gasteiger partial charge >= 0.3 is 5.97 Å². The Kier molecular flexibility index (Phi) is 6.06. The molecule has 1 amide bonds. The zero-order valence-electron chi connectivity index (χ0n) is 14.0. The van der Waals surface area contributed by atoms with Crippen LogP contribution in [0, 0.1) is 0 Å². The molecule has 0 aliphatic heterocycles. The van der Waals surface area contributed by atoms with Gasteiger partial charge in [0.05, 0.1) is 11.3 Å². The van der Waals surface area contributed by atoms with Crippen molar-refractivity contribution in [3.05, 3.63) is 66.1 Å². The number of para-hydroxylation sites is 1. The number of thioether (sulfide) groups is 1. The fraction of sp³-hybridized carbons (Fsp3) is 0.111. The standard InChI is InChI=1S/C18H15N3O5S/c22-15(19-13-8-6-12(7-9-13)17(23)24)11-27-18-21-20-16(26-18)10-25-14-4-2-1-3-5-14/h1-9H,10-11H2,(H,19,22)(H,23,24). The van der Waals surface area contributed by atoms with E-state index in [2.05, 4.69) is 15.5 Å². The van der Waals surface area contributed by atoms with Crippen LogP contribution >= 0.6 is 11.8 Å². The molecule has 9 heteroatoms. The second-order valence-electron chi connectivity index (χ2n) is 5.28. The summed E-state index contributed by atoms with van der Waals surface area (Å²) in [5.41, 5.74) is 0.659. The number of hydrogen-bond acceptors (Lipinski definition) is 7. The second kappa shape index (κ2) is 8.86. The molecule has 2 aromatic carbocycles. The fourth-order valence-electron chi connectivity index (χ4n) is 2.04. The van der Waals surface area contributed by atoms with Crippen LogP contribution in [-0.4, -0.2) is 32.9 Å². The van der Waals surface area contributed by atoms with E-state index in [0.29, 0.717) is 17.3 Å². The maximum atomic E-state index is 12.0. The zero-order chi connectivity index (χ0) is 19.1. The first kappa shape index (κ1) is 18.5. The highest BCUT2D eigenvalue weighted by atomic mass is 32.2. The lowest BCUT2D eigenvalue weighted by atomic mass is 10.2. The zero-order valence-corrected chi connectivity index (χ0v) is 14.8. The average molecular weight is 385 g/mol. The van der Waals surface area contributed by atoms with Gasteiger partial charge in [0.25, 0.3) is 11.1 Å². The molecule has 0 atom stereocenters. The first-order valence-corrected chi connectivity index (χ1v) is 8.85. The van der Waals surface area contributed by atoms with Crippen molar-refractivity contribution in [2.24, 2.45) is 0 Å². The highest BCUT2D eigenvalue weighted by Gasteiger charge is 2.11. The van der Waals surface area contributed by atoms with E-state index in [1.807, 2.05) is 30.3 Å². The van der Waals surface area contributed by atoms with Crippen LogP contribution in [0.5, 0.6) is 5.75 Å². The molecule has 0 radical (unpaired) electrons. The van der Waals surface area contributed by atoms with Crippen molar-refractivity contribution in [2.75, 3.05) is 11.1 Å². The third kappa shape index (κ3) is 5.58. The summed E-state index contributed by atoms with van der Waals surface area (Å²) >= 11 is 1.10. The molecule has 0 aliphatic carbocycles. The van der Waals surface area contributed by atoms with Crippen molar-refractivity contribution in [1.82, 2.24) is 10.2 Å². The van der Waals surface area contributed by atoms with E-state index >= 15 is 0 Å². The Morgan fingerprint density at radius 1 is 1.07 bits per heavy atom.